The van der Waals surface area contributed by atoms with Crippen LogP contribution in [-0.4, -0.2) is 32.8 Å². The predicted molar refractivity (Wildman–Crippen MR) is 122 cm³/mol. The van der Waals surface area contributed by atoms with Crippen LogP contribution in [0.3, 0.4) is 0 Å². The standard InChI is InChI=1S/C25H20N2O6/c1-30-18-10-8-15(12-20(18)31-2)22-23(26-16-9-11-19-21(13-16)33-14-32-19)25(29)27(24(22)28)17-6-4-3-5-7-17/h3-13,26H,14H2,1-2H3. The molecule has 0 fully saturated rings. The molecule has 0 aliphatic carbocycles. The molecular weight excluding hydrogens is 424 g/mol. The summed E-state index contributed by atoms with van der Waals surface area (Å²) in [7, 11) is 3.05. The highest BCUT2D eigenvalue weighted by atomic mass is 16.7. The summed E-state index contributed by atoms with van der Waals surface area (Å²) in [6.45, 7) is 0.136. The van der Waals surface area contributed by atoms with Crippen molar-refractivity contribution in [3.8, 4) is 23.0 Å². The monoisotopic (exact) mass is 444 g/mol. The summed E-state index contributed by atoms with van der Waals surface area (Å²) >= 11 is 0. The topological polar surface area (TPSA) is 86.3 Å². The second-order valence-electron chi connectivity index (χ2n) is 7.29. The van der Waals surface area contributed by atoms with Crippen LogP contribution < -0.4 is 29.2 Å². The zero-order valence-corrected chi connectivity index (χ0v) is 18.0. The first-order valence-corrected chi connectivity index (χ1v) is 10.2. The number of nitrogens with one attached hydrogen (secondary N) is 1. The number of rotatable bonds is 6. The Bertz CT molecular complexity index is 1290. The highest BCUT2D eigenvalue weighted by molar-refractivity contribution is 6.46. The molecule has 8 nitrogen and oxygen atoms in total. The molecular formula is C25H20N2O6. The van der Waals surface area contributed by atoms with E-state index in [4.69, 9.17) is 18.9 Å². The van der Waals surface area contributed by atoms with E-state index in [1.807, 2.05) is 6.07 Å². The average molecular weight is 444 g/mol. The van der Waals surface area contributed by atoms with E-state index in [0.717, 1.165) is 4.90 Å². The lowest BCUT2D eigenvalue weighted by Gasteiger charge is -2.15. The van der Waals surface area contributed by atoms with Gasteiger partial charge >= 0.3 is 0 Å². The smallest absolute Gasteiger partial charge is 0.282 e. The highest BCUT2D eigenvalue weighted by Crippen LogP contribution is 2.39. The van der Waals surface area contributed by atoms with E-state index in [-0.39, 0.29) is 18.1 Å². The zero-order chi connectivity index (χ0) is 22.9. The number of anilines is 2. The van der Waals surface area contributed by atoms with Gasteiger partial charge in [-0.1, -0.05) is 24.3 Å². The van der Waals surface area contributed by atoms with Gasteiger partial charge in [0.15, 0.2) is 23.0 Å². The maximum atomic E-state index is 13.5. The summed E-state index contributed by atoms with van der Waals surface area (Å²) in [5, 5.41) is 3.13. The lowest BCUT2D eigenvalue weighted by atomic mass is 10.0. The van der Waals surface area contributed by atoms with Crippen LogP contribution in [-0.2, 0) is 9.59 Å². The van der Waals surface area contributed by atoms with E-state index in [2.05, 4.69) is 5.32 Å². The molecule has 0 saturated carbocycles. The predicted octanol–water partition coefficient (Wildman–Crippen LogP) is 3.83. The summed E-state index contributed by atoms with van der Waals surface area (Å²) in [5.74, 6) is 1.24. The van der Waals surface area contributed by atoms with Crippen molar-refractivity contribution in [2.24, 2.45) is 0 Å². The fourth-order valence-corrected chi connectivity index (χ4v) is 3.84. The van der Waals surface area contributed by atoms with Crippen molar-refractivity contribution in [3.05, 3.63) is 78.0 Å². The minimum atomic E-state index is -0.464. The average Bonchev–Trinajstić information content (AvgIpc) is 3.41. The molecule has 2 heterocycles. The van der Waals surface area contributed by atoms with Crippen LogP contribution >= 0.6 is 0 Å². The third-order valence-electron chi connectivity index (χ3n) is 5.41. The number of amides is 2. The summed E-state index contributed by atoms with van der Waals surface area (Å²) in [6, 6.07) is 19.1. The molecule has 0 spiro atoms. The second kappa shape index (κ2) is 8.23. The Hall–Kier alpha value is -4.46. The molecule has 0 bridgehead atoms. The largest absolute Gasteiger partial charge is 0.493 e. The molecule has 3 aromatic rings. The molecule has 2 aliphatic rings. The maximum Gasteiger partial charge on any atom is 0.282 e. The van der Waals surface area contributed by atoms with Crippen molar-refractivity contribution < 1.29 is 28.5 Å². The number of hydrogen-bond donors (Lipinski definition) is 1. The zero-order valence-electron chi connectivity index (χ0n) is 18.0. The van der Waals surface area contributed by atoms with Gasteiger partial charge in [0.2, 0.25) is 6.79 Å². The first kappa shape index (κ1) is 20.4. The van der Waals surface area contributed by atoms with Gasteiger partial charge in [0.25, 0.3) is 11.8 Å². The molecule has 0 atom stereocenters. The number of carbonyl (C=O) groups excluding carboxylic acids is 2. The molecule has 2 amide bonds. The first-order chi connectivity index (χ1) is 16.1. The summed E-state index contributed by atoms with van der Waals surface area (Å²) in [4.78, 5) is 28.2. The van der Waals surface area contributed by atoms with E-state index in [1.165, 1.54) is 14.2 Å². The number of hydrogen-bond acceptors (Lipinski definition) is 7. The molecule has 0 aromatic heterocycles. The molecule has 2 aliphatic heterocycles. The molecule has 1 N–H and O–H groups in total. The Labute approximate surface area is 189 Å². The van der Waals surface area contributed by atoms with Gasteiger partial charge in [-0.3, -0.25) is 9.59 Å². The molecule has 5 rings (SSSR count). The van der Waals surface area contributed by atoms with Crippen LogP contribution in [0.4, 0.5) is 11.4 Å². The van der Waals surface area contributed by atoms with Crippen LogP contribution in [0.5, 0.6) is 23.0 Å². The Morgan fingerprint density at radius 1 is 0.818 bits per heavy atom. The molecule has 33 heavy (non-hydrogen) atoms. The van der Waals surface area contributed by atoms with Crippen LogP contribution in [0, 0.1) is 0 Å². The first-order valence-electron chi connectivity index (χ1n) is 10.2. The summed E-state index contributed by atoms with van der Waals surface area (Å²) in [6.07, 6.45) is 0. The molecule has 166 valence electrons. The second-order valence-corrected chi connectivity index (χ2v) is 7.29. The Morgan fingerprint density at radius 2 is 1.58 bits per heavy atom. The van der Waals surface area contributed by atoms with Gasteiger partial charge < -0.3 is 24.3 Å². The van der Waals surface area contributed by atoms with Crippen molar-refractivity contribution in [2.75, 3.05) is 31.2 Å². The van der Waals surface area contributed by atoms with Gasteiger partial charge in [-0.2, -0.15) is 0 Å². The SMILES string of the molecule is COc1ccc(C2=C(Nc3ccc4c(c3)OCO4)C(=O)N(c3ccccc3)C2=O)cc1OC. The van der Waals surface area contributed by atoms with Crippen molar-refractivity contribution in [1.29, 1.82) is 0 Å². The number of methoxy groups -OCH3 is 2. The summed E-state index contributed by atoms with van der Waals surface area (Å²) < 4.78 is 21.5. The van der Waals surface area contributed by atoms with E-state index in [1.54, 1.807) is 60.7 Å². The van der Waals surface area contributed by atoms with Crippen molar-refractivity contribution in [3.63, 3.8) is 0 Å². The van der Waals surface area contributed by atoms with Crippen molar-refractivity contribution in [1.82, 2.24) is 0 Å². The summed E-state index contributed by atoms with van der Waals surface area (Å²) in [5.41, 5.74) is 1.96. The van der Waals surface area contributed by atoms with E-state index >= 15 is 0 Å². The van der Waals surface area contributed by atoms with Crippen molar-refractivity contribution in [2.45, 2.75) is 0 Å². The van der Waals surface area contributed by atoms with E-state index in [0.29, 0.717) is 39.9 Å². The molecule has 0 unspecified atom stereocenters. The Balaban J connectivity index is 1.62. The van der Waals surface area contributed by atoms with Gasteiger partial charge in [0.1, 0.15) is 5.70 Å². The maximum absolute atomic E-state index is 13.5. The van der Waals surface area contributed by atoms with Crippen LogP contribution in [0.15, 0.2) is 72.4 Å². The molecule has 0 saturated heterocycles. The Morgan fingerprint density at radius 3 is 2.33 bits per heavy atom. The van der Waals surface area contributed by atoms with E-state index < -0.39 is 11.8 Å². The number of imide groups is 1. The number of ether oxygens (including phenoxy) is 4. The van der Waals surface area contributed by atoms with E-state index in [9.17, 15) is 9.59 Å². The van der Waals surface area contributed by atoms with Crippen molar-refractivity contribution >= 4 is 28.8 Å². The van der Waals surface area contributed by atoms with Gasteiger partial charge in [0.05, 0.1) is 25.5 Å². The van der Waals surface area contributed by atoms with Crippen LogP contribution in [0.25, 0.3) is 5.57 Å². The van der Waals surface area contributed by atoms with Crippen LogP contribution in [0.1, 0.15) is 5.56 Å². The number of benzene rings is 3. The number of para-hydroxylation sites is 1. The molecule has 8 heteroatoms. The minimum Gasteiger partial charge on any atom is -0.493 e. The number of fused-ring (bicyclic) bond motifs is 1. The third kappa shape index (κ3) is 3.51. The van der Waals surface area contributed by atoms with Crippen LogP contribution in [0.2, 0.25) is 0 Å². The quantitative estimate of drug-likeness (QED) is 0.579. The molecule has 0 radical (unpaired) electrons. The molecule has 3 aromatic carbocycles. The fraction of sp³-hybridized carbons (Fsp3) is 0.120. The normalized spacial score (nSPS) is 14.7. The lowest BCUT2D eigenvalue weighted by molar-refractivity contribution is -0.120. The van der Waals surface area contributed by atoms with Gasteiger partial charge in [-0.15, -0.1) is 0 Å². The van der Waals surface area contributed by atoms with Gasteiger partial charge in [0, 0.05) is 11.8 Å². The fourth-order valence-electron chi connectivity index (χ4n) is 3.84. The van der Waals surface area contributed by atoms with Gasteiger partial charge in [-0.05, 0) is 42.0 Å². The van der Waals surface area contributed by atoms with Gasteiger partial charge in [-0.25, -0.2) is 4.90 Å². The highest BCUT2D eigenvalue weighted by Gasteiger charge is 2.40. The third-order valence-corrected chi connectivity index (χ3v) is 5.41. The Kier molecular flexibility index (Phi) is 5.10. The number of carbonyl (C=O) groups is 2. The minimum absolute atomic E-state index is 0.136. The number of nitrogens with zero attached hydrogens (tertiary/aromatic N) is 1. The lowest BCUT2D eigenvalue weighted by Crippen LogP contribution is -2.32.